The molecule has 2 rings (SSSR count). The number of carbonyl (C=O) groups excluding carboxylic acids is 1. The second-order valence-electron chi connectivity index (χ2n) is 4.39. The van der Waals surface area contributed by atoms with Gasteiger partial charge in [0.15, 0.2) is 0 Å². The molecule has 2 aliphatic rings. The minimum absolute atomic E-state index is 0.00353. The van der Waals surface area contributed by atoms with E-state index >= 15 is 0 Å². The predicted octanol–water partition coefficient (Wildman–Crippen LogP) is 0.878. The van der Waals surface area contributed by atoms with E-state index in [0.717, 1.165) is 6.42 Å². The van der Waals surface area contributed by atoms with Crippen molar-refractivity contribution in [3.63, 3.8) is 0 Å². The lowest BCUT2D eigenvalue weighted by atomic mass is 10.00. The molecule has 0 spiro atoms. The fraction of sp³-hybridized carbons (Fsp3) is 0.909. The van der Waals surface area contributed by atoms with Gasteiger partial charge >= 0.3 is 0 Å². The van der Waals surface area contributed by atoms with Crippen molar-refractivity contribution in [3.8, 4) is 0 Å². The number of nitrogens with zero attached hydrogens (tertiary/aromatic N) is 1. The van der Waals surface area contributed by atoms with Crippen molar-refractivity contribution in [2.24, 2.45) is 5.92 Å². The van der Waals surface area contributed by atoms with Crippen LogP contribution in [-0.2, 0) is 14.3 Å². The number of hydrogen-bond acceptors (Lipinski definition) is 3. The Morgan fingerprint density at radius 2 is 2.31 bits per heavy atom. The molecule has 1 amide bonds. The third kappa shape index (κ3) is 2.34. The summed E-state index contributed by atoms with van der Waals surface area (Å²) in [5, 5.41) is 0. The Hall–Kier alpha value is -0.320. The highest BCUT2D eigenvalue weighted by Crippen LogP contribution is 2.24. The molecule has 0 radical (unpaired) electrons. The first kappa shape index (κ1) is 12.1. The van der Waals surface area contributed by atoms with Gasteiger partial charge in [0.1, 0.15) is 0 Å². The van der Waals surface area contributed by atoms with Crippen LogP contribution in [0.1, 0.15) is 13.3 Å². The number of alkyl halides is 1. The molecule has 0 aliphatic carbocycles. The summed E-state index contributed by atoms with van der Waals surface area (Å²) in [4.78, 5) is 14.2. The summed E-state index contributed by atoms with van der Waals surface area (Å²) in [5.74, 6) is 0.621. The highest BCUT2D eigenvalue weighted by molar-refractivity contribution is 6.18. The molecular formula is C11H18ClNO3. The topological polar surface area (TPSA) is 38.8 Å². The largest absolute Gasteiger partial charge is 0.378 e. The van der Waals surface area contributed by atoms with Crippen LogP contribution in [0, 0.1) is 5.92 Å². The lowest BCUT2D eigenvalue weighted by molar-refractivity contribution is -0.144. The predicted molar refractivity (Wildman–Crippen MR) is 60.6 cm³/mol. The molecule has 2 heterocycles. The van der Waals surface area contributed by atoms with Crippen LogP contribution in [0.2, 0.25) is 0 Å². The molecular weight excluding hydrogens is 230 g/mol. The second-order valence-corrected chi connectivity index (χ2v) is 4.69. The highest BCUT2D eigenvalue weighted by Gasteiger charge is 2.37. The van der Waals surface area contributed by atoms with Crippen molar-refractivity contribution < 1.29 is 14.3 Å². The molecule has 0 aromatic rings. The first-order valence-electron chi connectivity index (χ1n) is 5.80. The van der Waals surface area contributed by atoms with Crippen LogP contribution < -0.4 is 0 Å². The molecule has 0 bridgehead atoms. The van der Waals surface area contributed by atoms with Gasteiger partial charge in [-0.1, -0.05) is 0 Å². The number of amides is 1. The third-order valence-electron chi connectivity index (χ3n) is 3.38. The zero-order chi connectivity index (χ0) is 11.5. The summed E-state index contributed by atoms with van der Waals surface area (Å²) in [6.45, 7) is 4.47. The average Bonchev–Trinajstić information content (AvgIpc) is 2.74. The molecule has 3 unspecified atom stereocenters. The van der Waals surface area contributed by atoms with Crippen molar-refractivity contribution >= 4 is 17.5 Å². The Morgan fingerprint density at radius 1 is 1.50 bits per heavy atom. The maximum Gasteiger partial charge on any atom is 0.228 e. The van der Waals surface area contributed by atoms with E-state index in [2.05, 4.69) is 0 Å². The minimum atomic E-state index is 0.00353. The second kappa shape index (κ2) is 5.34. The Balaban J connectivity index is 2.01. The quantitative estimate of drug-likeness (QED) is 0.680. The van der Waals surface area contributed by atoms with Gasteiger partial charge in [0, 0.05) is 19.0 Å². The molecule has 5 heteroatoms. The zero-order valence-corrected chi connectivity index (χ0v) is 10.3. The Morgan fingerprint density at radius 3 is 2.94 bits per heavy atom. The number of halogens is 1. The molecule has 2 saturated heterocycles. The molecule has 2 fully saturated rings. The molecule has 2 aliphatic heterocycles. The van der Waals surface area contributed by atoms with E-state index in [4.69, 9.17) is 21.1 Å². The molecule has 0 aromatic heterocycles. The SMILES string of the molecule is CC1OCCC1C(=O)N1CCOCC1CCl. The van der Waals surface area contributed by atoms with Gasteiger partial charge in [-0.3, -0.25) is 4.79 Å². The first-order chi connectivity index (χ1) is 7.74. The van der Waals surface area contributed by atoms with Crippen LogP contribution in [0.15, 0.2) is 0 Å². The smallest absolute Gasteiger partial charge is 0.228 e. The first-order valence-corrected chi connectivity index (χ1v) is 6.33. The van der Waals surface area contributed by atoms with Gasteiger partial charge in [-0.2, -0.15) is 0 Å². The Bertz CT molecular complexity index is 262. The normalized spacial score (nSPS) is 35.4. The fourth-order valence-electron chi connectivity index (χ4n) is 2.34. The maximum absolute atomic E-state index is 12.3. The van der Waals surface area contributed by atoms with E-state index < -0.39 is 0 Å². The van der Waals surface area contributed by atoms with E-state index in [1.165, 1.54) is 0 Å². The standard InChI is InChI=1S/C11H18ClNO3/c1-8-10(2-4-16-8)11(14)13-3-5-15-7-9(13)6-12/h8-10H,2-7H2,1H3. The summed E-state index contributed by atoms with van der Waals surface area (Å²) < 4.78 is 10.8. The summed E-state index contributed by atoms with van der Waals surface area (Å²) in [5.41, 5.74) is 0. The number of rotatable bonds is 2. The molecule has 16 heavy (non-hydrogen) atoms. The molecule has 92 valence electrons. The molecule has 0 aromatic carbocycles. The van der Waals surface area contributed by atoms with Crippen LogP contribution >= 0.6 is 11.6 Å². The minimum Gasteiger partial charge on any atom is -0.378 e. The van der Waals surface area contributed by atoms with Gasteiger partial charge in [-0.25, -0.2) is 0 Å². The lowest BCUT2D eigenvalue weighted by Crippen LogP contribution is -2.52. The summed E-state index contributed by atoms with van der Waals surface area (Å²) in [6, 6.07) is 0.0238. The van der Waals surface area contributed by atoms with E-state index in [0.29, 0.717) is 32.2 Å². The van der Waals surface area contributed by atoms with E-state index in [-0.39, 0.29) is 24.0 Å². The van der Waals surface area contributed by atoms with Crippen molar-refractivity contribution in [3.05, 3.63) is 0 Å². The lowest BCUT2D eigenvalue weighted by Gasteiger charge is -2.36. The number of morpholine rings is 1. The molecule has 0 N–H and O–H groups in total. The van der Waals surface area contributed by atoms with Crippen molar-refractivity contribution in [1.82, 2.24) is 4.90 Å². The van der Waals surface area contributed by atoms with Gasteiger partial charge < -0.3 is 14.4 Å². The number of hydrogen-bond donors (Lipinski definition) is 0. The van der Waals surface area contributed by atoms with Gasteiger partial charge in [-0.05, 0) is 13.3 Å². The van der Waals surface area contributed by atoms with Crippen molar-refractivity contribution in [2.75, 3.05) is 32.2 Å². The summed E-state index contributed by atoms with van der Waals surface area (Å²) in [7, 11) is 0. The Kier molecular flexibility index (Phi) is 4.05. The van der Waals surface area contributed by atoms with E-state index in [1.807, 2.05) is 11.8 Å². The van der Waals surface area contributed by atoms with Gasteiger partial charge in [-0.15, -0.1) is 11.6 Å². The summed E-state index contributed by atoms with van der Waals surface area (Å²) in [6.07, 6.45) is 0.859. The third-order valence-corrected chi connectivity index (χ3v) is 3.74. The maximum atomic E-state index is 12.3. The van der Waals surface area contributed by atoms with Crippen LogP contribution in [-0.4, -0.2) is 55.2 Å². The summed E-state index contributed by atoms with van der Waals surface area (Å²) >= 11 is 5.86. The van der Waals surface area contributed by atoms with Gasteiger partial charge in [0.25, 0.3) is 0 Å². The molecule has 4 nitrogen and oxygen atoms in total. The number of carbonyl (C=O) groups is 1. The van der Waals surface area contributed by atoms with Crippen LogP contribution in [0.5, 0.6) is 0 Å². The van der Waals surface area contributed by atoms with Crippen molar-refractivity contribution in [1.29, 1.82) is 0 Å². The average molecular weight is 248 g/mol. The Labute approximate surface area is 101 Å². The molecule has 0 saturated carbocycles. The fourth-order valence-corrected chi connectivity index (χ4v) is 2.60. The number of ether oxygens (including phenoxy) is 2. The monoisotopic (exact) mass is 247 g/mol. The molecule has 3 atom stereocenters. The zero-order valence-electron chi connectivity index (χ0n) is 9.52. The van der Waals surface area contributed by atoms with Crippen LogP contribution in [0.3, 0.4) is 0 Å². The highest BCUT2D eigenvalue weighted by atomic mass is 35.5. The van der Waals surface area contributed by atoms with E-state index in [1.54, 1.807) is 0 Å². The van der Waals surface area contributed by atoms with Gasteiger partial charge in [0.05, 0.1) is 31.3 Å². The van der Waals surface area contributed by atoms with Crippen LogP contribution in [0.4, 0.5) is 0 Å². The van der Waals surface area contributed by atoms with Gasteiger partial charge in [0.2, 0.25) is 5.91 Å². The van der Waals surface area contributed by atoms with E-state index in [9.17, 15) is 4.79 Å². The van der Waals surface area contributed by atoms with Crippen molar-refractivity contribution in [2.45, 2.75) is 25.5 Å². The van der Waals surface area contributed by atoms with Crippen LogP contribution in [0.25, 0.3) is 0 Å².